The molecule has 0 fully saturated rings. The quantitative estimate of drug-likeness (QED) is 0.878. The van der Waals surface area contributed by atoms with Crippen molar-refractivity contribution < 1.29 is 0 Å². The molecule has 3 nitrogen and oxygen atoms in total. The van der Waals surface area contributed by atoms with Crippen LogP contribution in [-0.4, -0.2) is 9.78 Å². The Bertz CT molecular complexity index is 526. The second-order valence-corrected chi connectivity index (χ2v) is 4.50. The third kappa shape index (κ3) is 2.33. The third-order valence-electron chi connectivity index (χ3n) is 3.02. The molecule has 0 aliphatic carbocycles. The fourth-order valence-electron chi connectivity index (χ4n) is 1.89. The Morgan fingerprint density at radius 3 is 2.65 bits per heavy atom. The minimum absolute atomic E-state index is 0.752. The number of anilines is 1. The lowest BCUT2D eigenvalue weighted by atomic mass is 10.0. The fourth-order valence-corrected chi connectivity index (χ4v) is 1.89. The number of nitrogens with two attached hydrogens (primary N) is 1. The van der Waals surface area contributed by atoms with Gasteiger partial charge in [0, 0.05) is 18.3 Å². The van der Waals surface area contributed by atoms with Gasteiger partial charge in [-0.25, -0.2) is 0 Å². The van der Waals surface area contributed by atoms with E-state index in [4.69, 9.17) is 5.73 Å². The summed E-state index contributed by atoms with van der Waals surface area (Å²) >= 11 is 0. The number of rotatable bonds is 3. The van der Waals surface area contributed by atoms with Crippen molar-refractivity contribution >= 4 is 5.69 Å². The Morgan fingerprint density at radius 2 is 2.00 bits per heavy atom. The summed E-state index contributed by atoms with van der Waals surface area (Å²) in [6.45, 7) is 7.26. The Labute approximate surface area is 102 Å². The molecule has 2 aromatic rings. The van der Waals surface area contributed by atoms with Crippen molar-refractivity contribution in [1.29, 1.82) is 0 Å². The highest BCUT2D eigenvalue weighted by molar-refractivity contribution is 5.72. The van der Waals surface area contributed by atoms with Crippen LogP contribution in [0.25, 0.3) is 11.3 Å². The SMILES string of the molecule is CCCn1cc(N)c(-c2ccc(C)c(C)c2)n1. The third-order valence-corrected chi connectivity index (χ3v) is 3.02. The molecular weight excluding hydrogens is 210 g/mol. The second kappa shape index (κ2) is 4.62. The van der Waals surface area contributed by atoms with E-state index in [2.05, 4.69) is 44.1 Å². The Balaban J connectivity index is 2.41. The molecule has 0 aliphatic rings. The lowest BCUT2D eigenvalue weighted by Crippen LogP contribution is -1.96. The molecule has 1 aromatic heterocycles. The van der Waals surface area contributed by atoms with E-state index < -0.39 is 0 Å². The minimum Gasteiger partial charge on any atom is -0.396 e. The number of benzene rings is 1. The van der Waals surface area contributed by atoms with Gasteiger partial charge in [-0.15, -0.1) is 0 Å². The number of nitrogens with zero attached hydrogens (tertiary/aromatic N) is 2. The number of nitrogen functional groups attached to an aromatic ring is 1. The van der Waals surface area contributed by atoms with Crippen LogP contribution in [-0.2, 0) is 6.54 Å². The summed E-state index contributed by atoms with van der Waals surface area (Å²) in [5.74, 6) is 0. The highest BCUT2D eigenvalue weighted by atomic mass is 15.3. The molecule has 2 N–H and O–H groups in total. The maximum Gasteiger partial charge on any atom is 0.115 e. The summed E-state index contributed by atoms with van der Waals surface area (Å²) in [6.07, 6.45) is 2.97. The molecule has 0 bridgehead atoms. The van der Waals surface area contributed by atoms with Crippen LogP contribution in [0.3, 0.4) is 0 Å². The number of aryl methyl sites for hydroxylation is 3. The lowest BCUT2D eigenvalue weighted by molar-refractivity contribution is 0.605. The first kappa shape index (κ1) is 11.7. The van der Waals surface area contributed by atoms with Crippen LogP contribution in [0.5, 0.6) is 0 Å². The predicted molar refractivity (Wildman–Crippen MR) is 71.8 cm³/mol. The van der Waals surface area contributed by atoms with Gasteiger partial charge in [0.2, 0.25) is 0 Å². The van der Waals surface area contributed by atoms with Crippen molar-refractivity contribution in [2.45, 2.75) is 33.7 Å². The molecule has 17 heavy (non-hydrogen) atoms. The molecular formula is C14H19N3. The van der Waals surface area contributed by atoms with Gasteiger partial charge in [0.15, 0.2) is 0 Å². The zero-order valence-electron chi connectivity index (χ0n) is 10.7. The maximum atomic E-state index is 6.01. The van der Waals surface area contributed by atoms with E-state index in [-0.39, 0.29) is 0 Å². The van der Waals surface area contributed by atoms with Gasteiger partial charge in [-0.2, -0.15) is 5.10 Å². The van der Waals surface area contributed by atoms with Crippen LogP contribution < -0.4 is 5.73 Å². The molecule has 0 aliphatic heterocycles. The molecule has 0 saturated carbocycles. The summed E-state index contributed by atoms with van der Waals surface area (Å²) < 4.78 is 1.92. The average molecular weight is 229 g/mol. The predicted octanol–water partition coefficient (Wildman–Crippen LogP) is 3.16. The van der Waals surface area contributed by atoms with Crippen molar-refractivity contribution in [3.8, 4) is 11.3 Å². The Morgan fingerprint density at radius 1 is 1.24 bits per heavy atom. The van der Waals surface area contributed by atoms with E-state index in [9.17, 15) is 0 Å². The number of hydrogen-bond acceptors (Lipinski definition) is 2. The van der Waals surface area contributed by atoms with E-state index in [1.807, 2.05) is 10.9 Å². The van der Waals surface area contributed by atoms with Gasteiger partial charge in [-0.1, -0.05) is 19.1 Å². The standard InChI is InChI=1S/C14H19N3/c1-4-7-17-9-13(15)14(16-17)12-6-5-10(2)11(3)8-12/h5-6,8-9H,4,7,15H2,1-3H3. The first-order valence-corrected chi connectivity index (χ1v) is 6.02. The highest BCUT2D eigenvalue weighted by Gasteiger charge is 2.08. The van der Waals surface area contributed by atoms with Crippen molar-refractivity contribution in [3.63, 3.8) is 0 Å². The lowest BCUT2D eigenvalue weighted by Gasteiger charge is -2.03. The van der Waals surface area contributed by atoms with Crippen molar-refractivity contribution in [3.05, 3.63) is 35.5 Å². The van der Waals surface area contributed by atoms with E-state index >= 15 is 0 Å². The van der Waals surface area contributed by atoms with Crippen LogP contribution in [0.1, 0.15) is 24.5 Å². The van der Waals surface area contributed by atoms with Gasteiger partial charge in [0.25, 0.3) is 0 Å². The van der Waals surface area contributed by atoms with Gasteiger partial charge in [0.1, 0.15) is 5.69 Å². The zero-order chi connectivity index (χ0) is 12.4. The number of aromatic nitrogens is 2. The van der Waals surface area contributed by atoms with Crippen LogP contribution in [0.4, 0.5) is 5.69 Å². The van der Waals surface area contributed by atoms with Crippen LogP contribution >= 0.6 is 0 Å². The van der Waals surface area contributed by atoms with Gasteiger partial charge in [0.05, 0.1) is 5.69 Å². The van der Waals surface area contributed by atoms with Crippen molar-refractivity contribution in [2.24, 2.45) is 0 Å². The van der Waals surface area contributed by atoms with Crippen LogP contribution in [0.15, 0.2) is 24.4 Å². The fraction of sp³-hybridized carbons (Fsp3) is 0.357. The smallest absolute Gasteiger partial charge is 0.115 e. The number of hydrogen-bond donors (Lipinski definition) is 1. The minimum atomic E-state index is 0.752. The van der Waals surface area contributed by atoms with Gasteiger partial charge < -0.3 is 5.73 Å². The van der Waals surface area contributed by atoms with Crippen LogP contribution in [0.2, 0.25) is 0 Å². The second-order valence-electron chi connectivity index (χ2n) is 4.50. The van der Waals surface area contributed by atoms with E-state index in [0.29, 0.717) is 0 Å². The molecule has 0 saturated heterocycles. The summed E-state index contributed by atoms with van der Waals surface area (Å²) in [5, 5.41) is 4.53. The van der Waals surface area contributed by atoms with E-state index in [1.165, 1.54) is 11.1 Å². The average Bonchev–Trinajstić information content (AvgIpc) is 2.64. The first-order valence-electron chi connectivity index (χ1n) is 6.02. The summed E-state index contributed by atoms with van der Waals surface area (Å²) in [6, 6.07) is 6.34. The maximum absolute atomic E-state index is 6.01. The van der Waals surface area contributed by atoms with E-state index in [0.717, 1.165) is 29.9 Å². The molecule has 1 aromatic carbocycles. The molecule has 90 valence electrons. The molecule has 1 heterocycles. The highest BCUT2D eigenvalue weighted by Crippen LogP contribution is 2.25. The summed E-state index contributed by atoms with van der Waals surface area (Å²) in [4.78, 5) is 0. The van der Waals surface area contributed by atoms with Crippen LogP contribution in [0, 0.1) is 13.8 Å². The molecule has 3 heteroatoms. The topological polar surface area (TPSA) is 43.8 Å². The molecule has 0 radical (unpaired) electrons. The van der Waals surface area contributed by atoms with Gasteiger partial charge in [-0.3, -0.25) is 4.68 Å². The monoisotopic (exact) mass is 229 g/mol. The zero-order valence-corrected chi connectivity index (χ0v) is 10.7. The van der Waals surface area contributed by atoms with Crippen molar-refractivity contribution in [1.82, 2.24) is 9.78 Å². The normalized spacial score (nSPS) is 10.8. The Hall–Kier alpha value is -1.77. The van der Waals surface area contributed by atoms with Gasteiger partial charge in [-0.05, 0) is 37.5 Å². The molecule has 2 rings (SSSR count). The molecule has 0 spiro atoms. The molecule has 0 amide bonds. The molecule has 0 unspecified atom stereocenters. The van der Waals surface area contributed by atoms with E-state index in [1.54, 1.807) is 0 Å². The summed E-state index contributed by atoms with van der Waals surface area (Å²) in [7, 11) is 0. The van der Waals surface area contributed by atoms with Crippen molar-refractivity contribution in [2.75, 3.05) is 5.73 Å². The largest absolute Gasteiger partial charge is 0.396 e. The Kier molecular flexibility index (Phi) is 3.18. The first-order chi connectivity index (χ1) is 8.11. The van der Waals surface area contributed by atoms with Gasteiger partial charge >= 0.3 is 0 Å². The molecule has 0 atom stereocenters. The summed E-state index contributed by atoms with van der Waals surface area (Å²) in [5.41, 5.74) is 11.3.